The van der Waals surface area contributed by atoms with Gasteiger partial charge in [0.2, 0.25) is 0 Å². The van der Waals surface area contributed by atoms with Crippen LogP contribution in [0.3, 0.4) is 0 Å². The van der Waals surface area contributed by atoms with E-state index in [1.807, 2.05) is 12.1 Å². The van der Waals surface area contributed by atoms with Crippen LogP contribution in [0, 0.1) is 0 Å². The standard InChI is InChI=1S/C14H22ClN3O/c1-16-6-8-18(9-7-16)12-4-5-17(10-12)11-13-2-3-14(15)19-13/h2-3,12H,4-11H2,1H3/t12-/m1/s1. The molecule has 0 N–H and O–H groups in total. The van der Waals surface area contributed by atoms with Gasteiger partial charge in [-0.2, -0.15) is 0 Å². The van der Waals surface area contributed by atoms with Crippen LogP contribution in [0.25, 0.3) is 0 Å². The Hall–Kier alpha value is -0.550. The highest BCUT2D eigenvalue weighted by atomic mass is 35.5. The molecule has 0 bridgehead atoms. The smallest absolute Gasteiger partial charge is 0.193 e. The Morgan fingerprint density at radius 1 is 1.21 bits per heavy atom. The van der Waals surface area contributed by atoms with Crippen molar-refractivity contribution in [3.8, 4) is 0 Å². The number of likely N-dealkylation sites (tertiary alicyclic amines) is 1. The van der Waals surface area contributed by atoms with Crippen molar-refractivity contribution >= 4 is 11.6 Å². The first-order valence-electron chi connectivity index (χ1n) is 7.10. The van der Waals surface area contributed by atoms with Crippen molar-refractivity contribution < 1.29 is 4.42 Å². The SMILES string of the molecule is CN1CCN([C@@H]2CCN(Cc3ccc(Cl)o3)C2)CC1. The van der Waals surface area contributed by atoms with Crippen molar-refractivity contribution in [2.24, 2.45) is 0 Å². The van der Waals surface area contributed by atoms with E-state index in [9.17, 15) is 0 Å². The molecule has 19 heavy (non-hydrogen) atoms. The molecule has 3 rings (SSSR count). The molecule has 0 amide bonds. The molecule has 0 aliphatic carbocycles. The summed E-state index contributed by atoms with van der Waals surface area (Å²) in [6, 6.07) is 4.52. The summed E-state index contributed by atoms with van der Waals surface area (Å²) in [6.45, 7) is 8.02. The molecule has 0 saturated carbocycles. The quantitative estimate of drug-likeness (QED) is 0.843. The highest BCUT2D eigenvalue weighted by molar-refractivity contribution is 6.28. The average Bonchev–Trinajstić information content (AvgIpc) is 3.00. The van der Waals surface area contributed by atoms with Crippen LogP contribution in [-0.2, 0) is 6.54 Å². The molecule has 5 heteroatoms. The number of likely N-dealkylation sites (N-methyl/N-ethyl adjacent to an activating group) is 1. The third-order valence-electron chi connectivity index (χ3n) is 4.31. The Bertz CT molecular complexity index is 415. The van der Waals surface area contributed by atoms with Gasteiger partial charge >= 0.3 is 0 Å². The maximum atomic E-state index is 5.81. The lowest BCUT2D eigenvalue weighted by Crippen LogP contribution is -2.49. The molecule has 4 nitrogen and oxygen atoms in total. The van der Waals surface area contributed by atoms with Gasteiger partial charge in [-0.05, 0) is 37.2 Å². The molecule has 1 atom stereocenters. The van der Waals surface area contributed by atoms with Crippen molar-refractivity contribution in [2.75, 3.05) is 46.3 Å². The molecule has 1 aromatic heterocycles. The van der Waals surface area contributed by atoms with Crippen LogP contribution >= 0.6 is 11.6 Å². The van der Waals surface area contributed by atoms with Crippen molar-refractivity contribution in [1.82, 2.24) is 14.7 Å². The number of hydrogen-bond acceptors (Lipinski definition) is 4. The largest absolute Gasteiger partial charge is 0.448 e. The molecule has 2 aliphatic heterocycles. The monoisotopic (exact) mass is 283 g/mol. The fraction of sp³-hybridized carbons (Fsp3) is 0.714. The first-order valence-corrected chi connectivity index (χ1v) is 7.47. The molecule has 3 heterocycles. The lowest BCUT2D eigenvalue weighted by Gasteiger charge is -2.36. The topological polar surface area (TPSA) is 22.9 Å². The number of halogens is 1. The maximum Gasteiger partial charge on any atom is 0.193 e. The highest BCUT2D eigenvalue weighted by Crippen LogP contribution is 2.21. The van der Waals surface area contributed by atoms with Gasteiger partial charge in [0.15, 0.2) is 5.22 Å². The van der Waals surface area contributed by atoms with E-state index in [1.165, 1.54) is 32.6 Å². The second-order valence-corrected chi connectivity index (χ2v) is 6.10. The van der Waals surface area contributed by atoms with E-state index in [2.05, 4.69) is 21.7 Å². The van der Waals surface area contributed by atoms with Gasteiger partial charge in [0.05, 0.1) is 6.54 Å². The predicted octanol–water partition coefficient (Wildman–Crippen LogP) is 1.75. The number of hydrogen-bond donors (Lipinski definition) is 0. The summed E-state index contributed by atoms with van der Waals surface area (Å²) < 4.78 is 5.44. The molecule has 106 valence electrons. The van der Waals surface area contributed by atoms with Gasteiger partial charge < -0.3 is 9.32 Å². The van der Waals surface area contributed by atoms with E-state index >= 15 is 0 Å². The third kappa shape index (κ3) is 3.31. The third-order valence-corrected chi connectivity index (χ3v) is 4.51. The summed E-state index contributed by atoms with van der Waals surface area (Å²) in [5.74, 6) is 0.976. The molecule has 2 saturated heterocycles. The van der Waals surface area contributed by atoms with E-state index in [-0.39, 0.29) is 0 Å². The fourth-order valence-electron chi connectivity index (χ4n) is 3.10. The molecular weight excluding hydrogens is 262 g/mol. The van der Waals surface area contributed by atoms with Crippen molar-refractivity contribution in [1.29, 1.82) is 0 Å². The lowest BCUT2D eigenvalue weighted by atomic mass is 10.2. The molecular formula is C14H22ClN3O. The van der Waals surface area contributed by atoms with Gasteiger partial charge in [0, 0.05) is 45.3 Å². The Morgan fingerprint density at radius 3 is 2.68 bits per heavy atom. The summed E-state index contributed by atoms with van der Waals surface area (Å²) >= 11 is 5.81. The highest BCUT2D eigenvalue weighted by Gasteiger charge is 2.29. The first kappa shape index (κ1) is 13.4. The van der Waals surface area contributed by atoms with E-state index in [1.54, 1.807) is 0 Å². The van der Waals surface area contributed by atoms with Gasteiger partial charge in [0.1, 0.15) is 5.76 Å². The van der Waals surface area contributed by atoms with Crippen molar-refractivity contribution in [3.63, 3.8) is 0 Å². The minimum Gasteiger partial charge on any atom is -0.448 e. The Labute approximate surface area is 119 Å². The van der Waals surface area contributed by atoms with Crippen molar-refractivity contribution in [2.45, 2.75) is 19.0 Å². The van der Waals surface area contributed by atoms with Gasteiger partial charge in [-0.1, -0.05) is 0 Å². The van der Waals surface area contributed by atoms with E-state index in [0.29, 0.717) is 5.22 Å². The van der Waals surface area contributed by atoms with Crippen LogP contribution in [0.15, 0.2) is 16.5 Å². The Morgan fingerprint density at radius 2 is 2.00 bits per heavy atom. The van der Waals surface area contributed by atoms with E-state index in [4.69, 9.17) is 16.0 Å². The average molecular weight is 284 g/mol. The molecule has 0 aromatic carbocycles. The van der Waals surface area contributed by atoms with Gasteiger partial charge in [-0.15, -0.1) is 0 Å². The van der Waals surface area contributed by atoms with Crippen LogP contribution in [0.2, 0.25) is 5.22 Å². The molecule has 2 fully saturated rings. The summed E-state index contributed by atoms with van der Waals surface area (Å²) in [6.07, 6.45) is 1.28. The van der Waals surface area contributed by atoms with Crippen LogP contribution in [-0.4, -0.2) is 67.1 Å². The predicted molar refractivity (Wildman–Crippen MR) is 76.5 cm³/mol. The van der Waals surface area contributed by atoms with Gasteiger partial charge in [-0.25, -0.2) is 0 Å². The summed E-state index contributed by atoms with van der Waals surface area (Å²) in [5, 5.41) is 0.491. The lowest BCUT2D eigenvalue weighted by molar-refractivity contribution is 0.112. The summed E-state index contributed by atoms with van der Waals surface area (Å²) in [4.78, 5) is 7.53. The van der Waals surface area contributed by atoms with Crippen molar-refractivity contribution in [3.05, 3.63) is 23.1 Å². The second-order valence-electron chi connectivity index (χ2n) is 5.72. The zero-order chi connectivity index (χ0) is 13.2. The molecule has 2 aliphatic rings. The normalized spacial score (nSPS) is 27.2. The minimum absolute atomic E-state index is 0.491. The Balaban J connectivity index is 1.50. The summed E-state index contributed by atoms with van der Waals surface area (Å²) in [7, 11) is 2.21. The van der Waals surface area contributed by atoms with E-state index in [0.717, 1.165) is 31.4 Å². The van der Waals surface area contributed by atoms with Gasteiger partial charge in [-0.3, -0.25) is 9.80 Å². The minimum atomic E-state index is 0.491. The molecule has 0 unspecified atom stereocenters. The maximum absolute atomic E-state index is 5.81. The Kier molecular flexibility index (Phi) is 4.12. The number of furan rings is 1. The van der Waals surface area contributed by atoms with Crippen LogP contribution in [0.1, 0.15) is 12.2 Å². The fourth-order valence-corrected chi connectivity index (χ4v) is 3.26. The molecule has 0 spiro atoms. The zero-order valence-electron chi connectivity index (χ0n) is 11.5. The summed E-state index contributed by atoms with van der Waals surface area (Å²) in [5.41, 5.74) is 0. The molecule has 0 radical (unpaired) electrons. The zero-order valence-corrected chi connectivity index (χ0v) is 12.3. The number of rotatable bonds is 3. The van der Waals surface area contributed by atoms with Crippen LogP contribution in [0.5, 0.6) is 0 Å². The van der Waals surface area contributed by atoms with Crippen LogP contribution < -0.4 is 0 Å². The number of piperazine rings is 1. The first-order chi connectivity index (χ1) is 9.20. The second kappa shape index (κ2) is 5.83. The molecule has 1 aromatic rings. The van der Waals surface area contributed by atoms with E-state index < -0.39 is 0 Å². The number of nitrogens with zero attached hydrogens (tertiary/aromatic N) is 3. The van der Waals surface area contributed by atoms with Crippen LogP contribution in [0.4, 0.5) is 0 Å². The van der Waals surface area contributed by atoms with Gasteiger partial charge in [0.25, 0.3) is 0 Å².